The fourth-order valence-corrected chi connectivity index (χ4v) is 3.35. The van der Waals surface area contributed by atoms with Crippen LogP contribution in [-0.4, -0.2) is 87.2 Å². The molecule has 0 aliphatic carbocycles. The van der Waals surface area contributed by atoms with E-state index in [9.17, 15) is 9.59 Å². The molecule has 0 radical (unpaired) electrons. The highest BCUT2D eigenvalue weighted by molar-refractivity contribution is 5.95. The van der Waals surface area contributed by atoms with E-state index in [2.05, 4.69) is 15.1 Å². The summed E-state index contributed by atoms with van der Waals surface area (Å²) in [5.74, 6) is 0.0742. The van der Waals surface area contributed by atoms with Gasteiger partial charge in [-0.1, -0.05) is 12.1 Å². The second kappa shape index (κ2) is 9.00. The van der Waals surface area contributed by atoms with Gasteiger partial charge in [0.1, 0.15) is 0 Å². The van der Waals surface area contributed by atoms with E-state index < -0.39 is 0 Å². The number of urea groups is 1. The fraction of sp³-hybridized carbons (Fsp3) is 0.579. The molecule has 0 atom stereocenters. The van der Waals surface area contributed by atoms with Gasteiger partial charge in [-0.05, 0) is 19.1 Å². The highest BCUT2D eigenvalue weighted by Crippen LogP contribution is 2.18. The fourth-order valence-electron chi connectivity index (χ4n) is 3.35. The first-order valence-electron chi connectivity index (χ1n) is 9.32. The summed E-state index contributed by atoms with van der Waals surface area (Å²) in [6, 6.07) is 7.71. The van der Waals surface area contributed by atoms with Gasteiger partial charge in [0.15, 0.2) is 5.78 Å². The maximum Gasteiger partial charge on any atom is 0.317 e. The highest BCUT2D eigenvalue weighted by atomic mass is 16.5. The molecule has 1 aromatic rings. The molecule has 142 valence electrons. The van der Waals surface area contributed by atoms with Crippen molar-refractivity contribution in [2.24, 2.45) is 0 Å². The number of nitrogens with one attached hydrogen (secondary N) is 1. The number of piperazine rings is 1. The van der Waals surface area contributed by atoms with E-state index in [1.807, 2.05) is 29.2 Å². The molecule has 3 rings (SSSR count). The van der Waals surface area contributed by atoms with Crippen molar-refractivity contribution in [3.63, 3.8) is 0 Å². The lowest BCUT2D eigenvalue weighted by Gasteiger charge is -2.36. The maximum absolute atomic E-state index is 12.3. The van der Waals surface area contributed by atoms with E-state index in [0.29, 0.717) is 19.6 Å². The van der Waals surface area contributed by atoms with Gasteiger partial charge >= 0.3 is 6.03 Å². The number of benzene rings is 1. The van der Waals surface area contributed by atoms with Crippen molar-refractivity contribution in [2.45, 2.75) is 6.92 Å². The van der Waals surface area contributed by atoms with Gasteiger partial charge in [-0.2, -0.15) is 0 Å². The Bertz CT molecular complexity index is 623. The number of nitrogens with zero attached hydrogens (tertiary/aromatic N) is 3. The molecule has 0 bridgehead atoms. The quantitative estimate of drug-likeness (QED) is 0.796. The Balaban J connectivity index is 1.42. The van der Waals surface area contributed by atoms with Crippen molar-refractivity contribution in [1.29, 1.82) is 0 Å². The van der Waals surface area contributed by atoms with E-state index in [0.717, 1.165) is 57.2 Å². The van der Waals surface area contributed by atoms with Crippen molar-refractivity contribution in [2.75, 3.05) is 70.5 Å². The van der Waals surface area contributed by atoms with Gasteiger partial charge in [0, 0.05) is 63.6 Å². The van der Waals surface area contributed by atoms with Crippen molar-refractivity contribution >= 4 is 17.5 Å². The largest absolute Gasteiger partial charge is 0.379 e. The standard InChI is InChI=1S/C19H28N4O3/c1-16(24)17-3-2-4-18(15-17)22-7-9-23(10-8-22)19(25)20-5-6-21-11-13-26-14-12-21/h2-4,15H,5-14H2,1H3,(H,20,25). The first-order valence-corrected chi connectivity index (χ1v) is 9.32. The Labute approximate surface area is 154 Å². The third-order valence-corrected chi connectivity index (χ3v) is 4.99. The normalized spacial score (nSPS) is 18.7. The number of ether oxygens (including phenoxy) is 1. The average Bonchev–Trinajstić information content (AvgIpc) is 2.69. The minimum absolute atomic E-state index is 0.00963. The summed E-state index contributed by atoms with van der Waals surface area (Å²) in [5.41, 5.74) is 1.77. The van der Waals surface area contributed by atoms with Crippen molar-refractivity contribution < 1.29 is 14.3 Å². The van der Waals surface area contributed by atoms with Gasteiger partial charge in [0.2, 0.25) is 0 Å². The zero-order valence-electron chi connectivity index (χ0n) is 15.4. The number of rotatable bonds is 5. The van der Waals surface area contributed by atoms with Gasteiger partial charge in [0.25, 0.3) is 0 Å². The number of Topliss-reactive ketones (excluding diaryl/α,β-unsaturated/α-hetero) is 1. The van der Waals surface area contributed by atoms with Crippen LogP contribution in [-0.2, 0) is 4.74 Å². The molecular weight excluding hydrogens is 332 g/mol. The lowest BCUT2D eigenvalue weighted by Crippen LogP contribution is -2.52. The Morgan fingerprint density at radius 3 is 2.50 bits per heavy atom. The van der Waals surface area contributed by atoms with Gasteiger partial charge in [-0.25, -0.2) is 4.79 Å². The first-order chi connectivity index (χ1) is 12.6. The molecule has 2 aliphatic rings. The topological polar surface area (TPSA) is 65.1 Å². The van der Waals surface area contributed by atoms with Gasteiger partial charge < -0.3 is 19.9 Å². The lowest BCUT2D eigenvalue weighted by molar-refractivity contribution is 0.0386. The molecule has 2 aliphatic heterocycles. The number of carbonyl (C=O) groups is 2. The number of hydrogen-bond acceptors (Lipinski definition) is 5. The zero-order valence-corrected chi connectivity index (χ0v) is 15.4. The Kier molecular flexibility index (Phi) is 6.46. The molecule has 2 amide bonds. The molecule has 1 aromatic carbocycles. The summed E-state index contributed by atoms with van der Waals surface area (Å²) in [4.78, 5) is 30.3. The third kappa shape index (κ3) is 4.95. The van der Waals surface area contributed by atoms with Crippen LogP contribution in [0.4, 0.5) is 10.5 Å². The molecule has 1 N–H and O–H groups in total. The molecule has 26 heavy (non-hydrogen) atoms. The van der Waals surface area contributed by atoms with Crippen LogP contribution in [0.15, 0.2) is 24.3 Å². The van der Waals surface area contributed by atoms with Crippen LogP contribution < -0.4 is 10.2 Å². The number of ketones is 1. The van der Waals surface area contributed by atoms with Crippen LogP contribution in [0.2, 0.25) is 0 Å². The Hall–Kier alpha value is -2.12. The highest BCUT2D eigenvalue weighted by Gasteiger charge is 2.21. The molecule has 0 aromatic heterocycles. The third-order valence-electron chi connectivity index (χ3n) is 4.99. The summed E-state index contributed by atoms with van der Waals surface area (Å²) < 4.78 is 5.33. The number of hydrogen-bond donors (Lipinski definition) is 1. The maximum atomic E-state index is 12.3. The second-order valence-corrected chi connectivity index (χ2v) is 6.77. The molecule has 0 unspecified atom stereocenters. The van der Waals surface area contributed by atoms with Crippen LogP contribution in [0.5, 0.6) is 0 Å². The molecule has 0 spiro atoms. The van der Waals surface area contributed by atoms with Gasteiger partial charge in [0.05, 0.1) is 13.2 Å². The first kappa shape index (κ1) is 18.7. The Morgan fingerprint density at radius 2 is 1.81 bits per heavy atom. The summed E-state index contributed by atoms with van der Waals surface area (Å²) >= 11 is 0. The number of amides is 2. The minimum atomic E-state index is 0.00963. The second-order valence-electron chi connectivity index (χ2n) is 6.77. The van der Waals surface area contributed by atoms with Crippen LogP contribution in [0.3, 0.4) is 0 Å². The average molecular weight is 360 g/mol. The molecule has 0 saturated carbocycles. The number of carbonyl (C=O) groups excluding carboxylic acids is 2. The summed E-state index contributed by atoms with van der Waals surface area (Å²) in [6.07, 6.45) is 0. The van der Waals surface area contributed by atoms with E-state index in [4.69, 9.17) is 4.74 Å². The van der Waals surface area contributed by atoms with Gasteiger partial charge in [-0.15, -0.1) is 0 Å². The Morgan fingerprint density at radius 1 is 1.08 bits per heavy atom. The summed E-state index contributed by atoms with van der Waals surface area (Å²) in [6.45, 7) is 9.48. The van der Waals surface area contributed by atoms with Gasteiger partial charge in [-0.3, -0.25) is 9.69 Å². The minimum Gasteiger partial charge on any atom is -0.379 e. The molecule has 2 saturated heterocycles. The summed E-state index contributed by atoms with van der Waals surface area (Å²) in [7, 11) is 0. The van der Waals surface area contributed by atoms with Crippen molar-refractivity contribution in [3.8, 4) is 0 Å². The molecule has 2 heterocycles. The van der Waals surface area contributed by atoms with Crippen molar-refractivity contribution in [3.05, 3.63) is 29.8 Å². The number of morpholine rings is 1. The van der Waals surface area contributed by atoms with Crippen LogP contribution >= 0.6 is 0 Å². The molecule has 2 fully saturated rings. The van der Waals surface area contributed by atoms with E-state index >= 15 is 0 Å². The summed E-state index contributed by atoms with van der Waals surface area (Å²) in [5, 5.41) is 3.02. The lowest BCUT2D eigenvalue weighted by atomic mass is 10.1. The smallest absolute Gasteiger partial charge is 0.317 e. The van der Waals surface area contributed by atoms with Crippen LogP contribution in [0.25, 0.3) is 0 Å². The molecular formula is C19H28N4O3. The van der Waals surface area contributed by atoms with Crippen LogP contribution in [0, 0.1) is 0 Å². The monoisotopic (exact) mass is 360 g/mol. The predicted molar refractivity (Wildman–Crippen MR) is 101 cm³/mol. The SMILES string of the molecule is CC(=O)c1cccc(N2CCN(C(=O)NCCN3CCOCC3)CC2)c1. The van der Waals surface area contributed by atoms with E-state index in [1.165, 1.54) is 0 Å². The van der Waals surface area contributed by atoms with Crippen molar-refractivity contribution in [1.82, 2.24) is 15.1 Å². The predicted octanol–water partition coefficient (Wildman–Crippen LogP) is 1.05. The molecule has 7 heteroatoms. The van der Waals surface area contributed by atoms with Crippen LogP contribution in [0.1, 0.15) is 17.3 Å². The molecule has 7 nitrogen and oxygen atoms in total. The zero-order chi connectivity index (χ0) is 18.4. The number of anilines is 1. The van der Waals surface area contributed by atoms with E-state index in [-0.39, 0.29) is 11.8 Å². The van der Waals surface area contributed by atoms with E-state index in [1.54, 1.807) is 6.92 Å².